The molecule has 0 bridgehead atoms. The van der Waals surface area contributed by atoms with Crippen molar-refractivity contribution in [1.29, 1.82) is 0 Å². The average molecular weight is 329 g/mol. The van der Waals surface area contributed by atoms with Gasteiger partial charge in [0.05, 0.1) is 13.2 Å². The smallest absolute Gasteiger partial charge is 0.123 e. The van der Waals surface area contributed by atoms with E-state index in [0.29, 0.717) is 12.4 Å². The molecule has 1 aromatic heterocycles. The topological polar surface area (TPSA) is 80.4 Å². The van der Waals surface area contributed by atoms with Crippen molar-refractivity contribution >= 4 is 5.82 Å². The third-order valence-electron chi connectivity index (χ3n) is 4.14. The molecule has 1 aromatic carbocycles. The van der Waals surface area contributed by atoms with Crippen LogP contribution in [0.1, 0.15) is 37.5 Å². The minimum atomic E-state index is -0.603. The number of methoxy groups -OCH3 is 1. The number of aliphatic hydroxyl groups is 1. The number of nitrogens with zero attached hydrogens (tertiary/aromatic N) is 1. The number of β-amino-alcohol motifs (C(OH)–C–C–N with tert-alkyl or cyclic N) is 1. The van der Waals surface area contributed by atoms with E-state index in [1.54, 1.807) is 25.4 Å². The molecule has 0 unspecified atom stereocenters. The Bertz CT molecular complexity index is 641. The second-order valence-corrected chi connectivity index (χ2v) is 6.65. The number of benzene rings is 1. The summed E-state index contributed by atoms with van der Waals surface area (Å²) in [6.45, 7) is 4.75. The lowest BCUT2D eigenvalue weighted by molar-refractivity contribution is 0.159. The fourth-order valence-electron chi connectivity index (χ4n) is 2.48. The highest BCUT2D eigenvalue weighted by Crippen LogP contribution is 2.19. The van der Waals surface area contributed by atoms with Crippen LogP contribution in [0.3, 0.4) is 0 Å². The van der Waals surface area contributed by atoms with E-state index in [9.17, 15) is 5.11 Å². The SMILES string of the molecule is COc1cccc(CCC(C)(C)NC[C@H](O)c2ccc(N)nc2)c1. The number of hydrogen-bond acceptors (Lipinski definition) is 5. The lowest BCUT2D eigenvalue weighted by Gasteiger charge is -2.28. The molecule has 5 heteroatoms. The largest absolute Gasteiger partial charge is 0.497 e. The number of aromatic nitrogens is 1. The normalized spacial score (nSPS) is 12.8. The van der Waals surface area contributed by atoms with Gasteiger partial charge in [-0.3, -0.25) is 0 Å². The van der Waals surface area contributed by atoms with Crippen LogP contribution >= 0.6 is 0 Å². The van der Waals surface area contributed by atoms with Gasteiger partial charge >= 0.3 is 0 Å². The molecule has 0 aliphatic rings. The van der Waals surface area contributed by atoms with Crippen LogP contribution in [0.5, 0.6) is 5.75 Å². The number of nitrogen functional groups attached to an aromatic ring is 1. The molecule has 2 rings (SSSR count). The van der Waals surface area contributed by atoms with Gasteiger partial charge in [0.15, 0.2) is 0 Å². The molecule has 0 saturated heterocycles. The first-order valence-electron chi connectivity index (χ1n) is 8.17. The molecule has 0 aliphatic carbocycles. The van der Waals surface area contributed by atoms with Gasteiger partial charge in [0.25, 0.3) is 0 Å². The van der Waals surface area contributed by atoms with E-state index in [4.69, 9.17) is 10.5 Å². The molecule has 24 heavy (non-hydrogen) atoms. The third kappa shape index (κ3) is 5.51. The first-order chi connectivity index (χ1) is 11.4. The number of nitrogens with one attached hydrogen (secondary N) is 1. The molecule has 0 aliphatic heterocycles. The van der Waals surface area contributed by atoms with Crippen molar-refractivity contribution in [2.24, 2.45) is 0 Å². The van der Waals surface area contributed by atoms with Crippen molar-refractivity contribution in [3.63, 3.8) is 0 Å². The Hall–Kier alpha value is -2.11. The van der Waals surface area contributed by atoms with Gasteiger partial charge in [0, 0.05) is 23.8 Å². The van der Waals surface area contributed by atoms with Crippen LogP contribution in [0.4, 0.5) is 5.82 Å². The first-order valence-corrected chi connectivity index (χ1v) is 8.17. The molecular weight excluding hydrogens is 302 g/mol. The first kappa shape index (κ1) is 18.2. The van der Waals surface area contributed by atoms with E-state index in [-0.39, 0.29) is 5.54 Å². The summed E-state index contributed by atoms with van der Waals surface area (Å²) in [6, 6.07) is 11.6. The highest BCUT2D eigenvalue weighted by atomic mass is 16.5. The van der Waals surface area contributed by atoms with Crippen molar-refractivity contribution in [2.45, 2.75) is 38.3 Å². The molecule has 0 saturated carbocycles. The van der Waals surface area contributed by atoms with Crippen LogP contribution in [0.2, 0.25) is 0 Å². The molecule has 5 nitrogen and oxygen atoms in total. The lowest BCUT2D eigenvalue weighted by atomic mass is 9.94. The van der Waals surface area contributed by atoms with Gasteiger partial charge < -0.3 is 20.9 Å². The second kappa shape index (κ2) is 8.13. The van der Waals surface area contributed by atoms with E-state index in [2.05, 4.69) is 36.3 Å². The van der Waals surface area contributed by atoms with Crippen molar-refractivity contribution in [3.05, 3.63) is 53.7 Å². The van der Waals surface area contributed by atoms with Crippen molar-refractivity contribution in [2.75, 3.05) is 19.4 Å². The second-order valence-electron chi connectivity index (χ2n) is 6.65. The summed E-state index contributed by atoms with van der Waals surface area (Å²) in [6.07, 6.45) is 2.91. The van der Waals surface area contributed by atoms with Gasteiger partial charge in [-0.25, -0.2) is 4.98 Å². The summed E-state index contributed by atoms with van der Waals surface area (Å²) in [5.41, 5.74) is 7.48. The molecule has 1 heterocycles. The summed E-state index contributed by atoms with van der Waals surface area (Å²) in [7, 11) is 1.68. The van der Waals surface area contributed by atoms with Gasteiger partial charge in [0.2, 0.25) is 0 Å². The summed E-state index contributed by atoms with van der Waals surface area (Å²) < 4.78 is 5.26. The summed E-state index contributed by atoms with van der Waals surface area (Å²) in [5, 5.41) is 13.7. The molecular formula is C19H27N3O2. The number of ether oxygens (including phenoxy) is 1. The highest BCUT2D eigenvalue weighted by molar-refractivity contribution is 5.30. The highest BCUT2D eigenvalue weighted by Gasteiger charge is 2.19. The van der Waals surface area contributed by atoms with Gasteiger partial charge in [0.1, 0.15) is 11.6 Å². The van der Waals surface area contributed by atoms with E-state index < -0.39 is 6.10 Å². The molecule has 4 N–H and O–H groups in total. The zero-order chi connectivity index (χ0) is 17.6. The number of aliphatic hydroxyl groups excluding tert-OH is 1. The maximum absolute atomic E-state index is 10.3. The summed E-state index contributed by atoms with van der Waals surface area (Å²) in [4.78, 5) is 4.02. The van der Waals surface area contributed by atoms with E-state index >= 15 is 0 Å². The molecule has 0 fully saturated rings. The molecule has 2 aromatic rings. The Kier molecular flexibility index (Phi) is 6.17. The van der Waals surface area contributed by atoms with E-state index in [0.717, 1.165) is 24.2 Å². The molecule has 130 valence electrons. The van der Waals surface area contributed by atoms with Crippen LogP contribution in [-0.4, -0.2) is 29.3 Å². The summed E-state index contributed by atoms with van der Waals surface area (Å²) in [5.74, 6) is 1.34. The van der Waals surface area contributed by atoms with Crippen molar-refractivity contribution < 1.29 is 9.84 Å². The van der Waals surface area contributed by atoms with Crippen LogP contribution in [-0.2, 0) is 6.42 Å². The predicted octanol–water partition coefficient (Wildman–Crippen LogP) is 2.71. The van der Waals surface area contributed by atoms with E-state index in [1.807, 2.05) is 12.1 Å². The van der Waals surface area contributed by atoms with Crippen LogP contribution < -0.4 is 15.8 Å². The Morgan fingerprint density at radius 3 is 2.75 bits per heavy atom. The minimum Gasteiger partial charge on any atom is -0.497 e. The monoisotopic (exact) mass is 329 g/mol. The van der Waals surface area contributed by atoms with Crippen LogP contribution in [0.15, 0.2) is 42.6 Å². The molecule has 0 spiro atoms. The molecule has 1 atom stereocenters. The summed E-state index contributed by atoms with van der Waals surface area (Å²) >= 11 is 0. The number of nitrogens with two attached hydrogens (primary N) is 1. The third-order valence-corrected chi connectivity index (χ3v) is 4.14. The number of hydrogen-bond donors (Lipinski definition) is 3. The van der Waals surface area contributed by atoms with Crippen LogP contribution in [0.25, 0.3) is 0 Å². The Balaban J connectivity index is 1.85. The predicted molar refractivity (Wildman–Crippen MR) is 97.0 cm³/mol. The molecule has 0 radical (unpaired) electrons. The Morgan fingerprint density at radius 2 is 2.08 bits per heavy atom. The fraction of sp³-hybridized carbons (Fsp3) is 0.421. The zero-order valence-corrected chi connectivity index (χ0v) is 14.6. The fourth-order valence-corrected chi connectivity index (χ4v) is 2.48. The number of rotatable bonds is 8. The van der Waals surface area contributed by atoms with Gasteiger partial charge in [-0.05, 0) is 50.5 Å². The maximum Gasteiger partial charge on any atom is 0.123 e. The Morgan fingerprint density at radius 1 is 1.29 bits per heavy atom. The Labute approximate surface area is 143 Å². The van der Waals surface area contributed by atoms with Crippen molar-refractivity contribution in [1.82, 2.24) is 10.3 Å². The standard InChI is InChI=1S/C19H27N3O2/c1-19(2,10-9-14-5-4-6-16(11-14)24-3)22-13-17(23)15-7-8-18(20)21-12-15/h4-8,11-12,17,22-23H,9-10,13H2,1-3H3,(H2,20,21)/t17-/m0/s1. The average Bonchev–Trinajstić information content (AvgIpc) is 2.59. The lowest BCUT2D eigenvalue weighted by Crippen LogP contribution is -2.42. The number of aryl methyl sites for hydroxylation is 1. The van der Waals surface area contributed by atoms with Crippen molar-refractivity contribution in [3.8, 4) is 5.75 Å². The zero-order valence-electron chi connectivity index (χ0n) is 14.6. The van der Waals surface area contributed by atoms with Gasteiger partial charge in [-0.2, -0.15) is 0 Å². The van der Waals surface area contributed by atoms with E-state index in [1.165, 1.54) is 5.56 Å². The number of pyridine rings is 1. The quantitative estimate of drug-likeness (QED) is 0.694. The number of anilines is 1. The maximum atomic E-state index is 10.3. The van der Waals surface area contributed by atoms with Gasteiger partial charge in [-0.1, -0.05) is 18.2 Å². The van der Waals surface area contributed by atoms with Crippen LogP contribution in [0, 0.1) is 0 Å². The minimum absolute atomic E-state index is 0.0920. The van der Waals surface area contributed by atoms with Gasteiger partial charge in [-0.15, -0.1) is 0 Å². The molecule has 0 amide bonds.